The summed E-state index contributed by atoms with van der Waals surface area (Å²) in [6.07, 6.45) is 6.75. The van der Waals surface area contributed by atoms with E-state index in [1.165, 1.54) is 19.3 Å². The van der Waals surface area contributed by atoms with Crippen LogP contribution in [-0.2, 0) is 14.3 Å². The lowest BCUT2D eigenvalue weighted by Crippen LogP contribution is -2.50. The molecule has 4 bridgehead atoms. The molecule has 4 aliphatic carbocycles. The van der Waals surface area contributed by atoms with Crippen molar-refractivity contribution in [2.45, 2.75) is 45.4 Å². The monoisotopic (exact) mass is 405 g/mol. The predicted octanol–water partition coefficient (Wildman–Crippen LogP) is 4.46. The van der Waals surface area contributed by atoms with Crippen molar-refractivity contribution in [3.05, 3.63) is 28.2 Å². The molecule has 0 spiro atoms. The minimum atomic E-state index is -0.302. The van der Waals surface area contributed by atoms with E-state index >= 15 is 0 Å². The highest BCUT2D eigenvalue weighted by molar-refractivity contribution is 9.10. The van der Waals surface area contributed by atoms with Crippen molar-refractivity contribution in [1.82, 2.24) is 0 Å². The van der Waals surface area contributed by atoms with Gasteiger partial charge in [-0.05, 0) is 87.0 Å². The second-order valence-corrected chi connectivity index (χ2v) is 9.14. The number of esters is 1. The van der Waals surface area contributed by atoms with Gasteiger partial charge in [-0.15, -0.1) is 0 Å². The smallest absolute Gasteiger partial charge is 0.312 e. The van der Waals surface area contributed by atoms with Crippen LogP contribution in [0.5, 0.6) is 0 Å². The number of hydrogen-bond acceptors (Lipinski definition) is 3. The number of carbonyl (C=O) groups excluding carboxylic acids is 2. The van der Waals surface area contributed by atoms with E-state index in [0.29, 0.717) is 17.8 Å². The first-order valence-corrected chi connectivity index (χ1v) is 9.96. The van der Waals surface area contributed by atoms with E-state index < -0.39 is 0 Å². The Morgan fingerprint density at radius 3 is 2.32 bits per heavy atom. The van der Waals surface area contributed by atoms with Gasteiger partial charge in [0.2, 0.25) is 0 Å². The first-order chi connectivity index (χ1) is 11.9. The molecule has 0 radical (unpaired) electrons. The Morgan fingerprint density at radius 2 is 1.76 bits per heavy atom. The molecule has 5 rings (SSSR count). The van der Waals surface area contributed by atoms with Gasteiger partial charge >= 0.3 is 5.97 Å². The highest BCUT2D eigenvalue weighted by atomic mass is 79.9. The van der Waals surface area contributed by atoms with Crippen LogP contribution in [0.25, 0.3) is 0 Å². The zero-order chi connectivity index (χ0) is 17.6. The fraction of sp³-hybridized carbons (Fsp3) is 0.600. The van der Waals surface area contributed by atoms with Gasteiger partial charge in [-0.25, -0.2) is 0 Å². The fourth-order valence-electron chi connectivity index (χ4n) is 5.56. The molecule has 5 heteroatoms. The standard InChI is InChI=1S/C20H24BrNO3/c1-12-4-16(2-3-17(12)21)22-18(23)11-25-19(24)20-8-13-5-14(9-20)7-15(6-13)10-20/h2-4,13-15H,5-11H2,1H3,(H,22,23). The first-order valence-electron chi connectivity index (χ1n) is 9.17. The summed E-state index contributed by atoms with van der Waals surface area (Å²) in [7, 11) is 0. The predicted molar refractivity (Wildman–Crippen MR) is 99.1 cm³/mol. The molecular weight excluding hydrogens is 382 g/mol. The van der Waals surface area contributed by atoms with E-state index in [-0.39, 0.29) is 23.9 Å². The summed E-state index contributed by atoms with van der Waals surface area (Å²) in [5.41, 5.74) is 1.46. The molecule has 0 unspecified atom stereocenters. The SMILES string of the molecule is Cc1cc(NC(=O)COC(=O)C23CC4CC(CC(C4)C2)C3)ccc1Br. The van der Waals surface area contributed by atoms with Crippen molar-refractivity contribution < 1.29 is 14.3 Å². The minimum Gasteiger partial charge on any atom is -0.455 e. The molecule has 1 amide bonds. The van der Waals surface area contributed by atoms with Gasteiger partial charge in [-0.1, -0.05) is 15.9 Å². The molecule has 25 heavy (non-hydrogen) atoms. The Balaban J connectivity index is 1.34. The van der Waals surface area contributed by atoms with E-state index in [1.54, 1.807) is 0 Å². The molecule has 0 saturated heterocycles. The Kier molecular flexibility index (Phi) is 4.38. The van der Waals surface area contributed by atoms with Crippen molar-refractivity contribution >= 4 is 33.5 Å². The van der Waals surface area contributed by atoms with E-state index in [4.69, 9.17) is 4.74 Å². The summed E-state index contributed by atoms with van der Waals surface area (Å²) >= 11 is 3.44. The van der Waals surface area contributed by atoms with Crippen molar-refractivity contribution in [2.24, 2.45) is 23.2 Å². The summed E-state index contributed by atoms with van der Waals surface area (Å²) in [5.74, 6) is 1.66. The first kappa shape index (κ1) is 17.1. The Bertz CT molecular complexity index is 680. The molecule has 4 aliphatic rings. The summed E-state index contributed by atoms with van der Waals surface area (Å²) in [6, 6.07) is 5.62. The third-order valence-electron chi connectivity index (χ3n) is 6.25. The van der Waals surface area contributed by atoms with Crippen LogP contribution in [0.4, 0.5) is 5.69 Å². The lowest BCUT2D eigenvalue weighted by molar-refractivity contribution is -0.172. The molecule has 1 aromatic rings. The van der Waals surface area contributed by atoms with Gasteiger partial charge in [-0.3, -0.25) is 9.59 Å². The Morgan fingerprint density at radius 1 is 1.16 bits per heavy atom. The van der Waals surface area contributed by atoms with Crippen molar-refractivity contribution in [2.75, 3.05) is 11.9 Å². The zero-order valence-corrected chi connectivity index (χ0v) is 16.1. The number of hydrogen-bond donors (Lipinski definition) is 1. The number of anilines is 1. The average molecular weight is 406 g/mol. The Labute approximate surface area is 156 Å². The van der Waals surface area contributed by atoms with Crippen molar-refractivity contribution in [3.63, 3.8) is 0 Å². The average Bonchev–Trinajstić information content (AvgIpc) is 2.55. The lowest BCUT2D eigenvalue weighted by atomic mass is 9.49. The summed E-state index contributed by atoms with van der Waals surface area (Å²) in [5, 5.41) is 2.80. The van der Waals surface area contributed by atoms with Crippen LogP contribution in [0.2, 0.25) is 0 Å². The molecule has 4 nitrogen and oxygen atoms in total. The van der Waals surface area contributed by atoms with Crippen molar-refractivity contribution in [1.29, 1.82) is 0 Å². The maximum atomic E-state index is 12.7. The lowest BCUT2D eigenvalue weighted by Gasteiger charge is -2.55. The number of rotatable bonds is 4. The maximum absolute atomic E-state index is 12.7. The molecule has 0 aromatic heterocycles. The third kappa shape index (κ3) is 3.35. The van der Waals surface area contributed by atoms with Gasteiger partial charge < -0.3 is 10.1 Å². The van der Waals surface area contributed by atoms with Crippen LogP contribution in [0.15, 0.2) is 22.7 Å². The zero-order valence-electron chi connectivity index (χ0n) is 14.5. The van der Waals surface area contributed by atoms with Gasteiger partial charge in [-0.2, -0.15) is 0 Å². The summed E-state index contributed by atoms with van der Waals surface area (Å²) in [4.78, 5) is 24.9. The largest absolute Gasteiger partial charge is 0.455 e. The van der Waals surface area contributed by atoms with E-state index in [1.807, 2.05) is 25.1 Å². The maximum Gasteiger partial charge on any atom is 0.312 e. The number of benzene rings is 1. The van der Waals surface area contributed by atoms with Crippen LogP contribution in [0.3, 0.4) is 0 Å². The minimum absolute atomic E-state index is 0.145. The highest BCUT2D eigenvalue weighted by Gasteiger charge is 2.55. The molecule has 4 fully saturated rings. The fourth-order valence-corrected chi connectivity index (χ4v) is 5.81. The van der Waals surface area contributed by atoms with Gasteiger partial charge in [0.15, 0.2) is 6.61 Å². The van der Waals surface area contributed by atoms with Crippen LogP contribution < -0.4 is 5.32 Å². The number of aryl methyl sites for hydroxylation is 1. The van der Waals surface area contributed by atoms with Gasteiger partial charge in [0, 0.05) is 10.2 Å². The summed E-state index contributed by atoms with van der Waals surface area (Å²) in [6.45, 7) is 1.77. The number of carbonyl (C=O) groups is 2. The van der Waals surface area contributed by atoms with Crippen LogP contribution in [0, 0.1) is 30.1 Å². The number of halogens is 1. The number of amides is 1. The highest BCUT2D eigenvalue weighted by Crippen LogP contribution is 2.60. The van der Waals surface area contributed by atoms with Crippen LogP contribution in [0.1, 0.15) is 44.1 Å². The van der Waals surface area contributed by atoms with Gasteiger partial charge in [0.25, 0.3) is 5.91 Å². The van der Waals surface area contributed by atoms with Gasteiger partial charge in [0.05, 0.1) is 5.41 Å². The quantitative estimate of drug-likeness (QED) is 0.752. The Hall–Kier alpha value is -1.36. The molecule has 4 saturated carbocycles. The molecule has 1 aromatic carbocycles. The van der Waals surface area contributed by atoms with E-state index in [0.717, 1.165) is 35.0 Å². The topological polar surface area (TPSA) is 55.4 Å². The molecular formula is C20H24BrNO3. The van der Waals surface area contributed by atoms with Crippen LogP contribution >= 0.6 is 15.9 Å². The summed E-state index contributed by atoms with van der Waals surface area (Å²) < 4.78 is 6.45. The molecule has 134 valence electrons. The number of ether oxygens (including phenoxy) is 1. The molecule has 0 heterocycles. The van der Waals surface area contributed by atoms with E-state index in [2.05, 4.69) is 21.2 Å². The molecule has 0 aliphatic heterocycles. The van der Waals surface area contributed by atoms with E-state index in [9.17, 15) is 9.59 Å². The second kappa shape index (κ2) is 6.42. The van der Waals surface area contributed by atoms with Gasteiger partial charge in [0.1, 0.15) is 0 Å². The number of nitrogens with one attached hydrogen (secondary N) is 1. The normalized spacial score (nSPS) is 32.5. The molecule has 1 N–H and O–H groups in total. The van der Waals surface area contributed by atoms with Crippen molar-refractivity contribution in [3.8, 4) is 0 Å². The second-order valence-electron chi connectivity index (χ2n) is 8.29. The third-order valence-corrected chi connectivity index (χ3v) is 7.14. The van der Waals surface area contributed by atoms with Crippen LogP contribution in [-0.4, -0.2) is 18.5 Å². The molecule has 0 atom stereocenters.